The van der Waals surface area contributed by atoms with Crippen LogP contribution in [-0.4, -0.2) is 8.42 Å². The zero-order chi connectivity index (χ0) is 15.8. The Balaban J connectivity index is 2.49. The number of hydrogen-bond acceptors (Lipinski definition) is 3. The lowest BCUT2D eigenvalue weighted by atomic mass is 10.1. The first-order chi connectivity index (χ1) is 9.72. The molecule has 0 aliphatic carbocycles. The monoisotopic (exact) mass is 344 g/mol. The molecule has 0 atom stereocenters. The molecular weight excluding hydrogens is 331 g/mol. The van der Waals surface area contributed by atoms with Gasteiger partial charge in [-0.2, -0.15) is 0 Å². The molecule has 0 aliphatic heterocycles. The van der Waals surface area contributed by atoms with Crippen molar-refractivity contribution < 1.29 is 8.42 Å². The van der Waals surface area contributed by atoms with Crippen molar-refractivity contribution in [1.82, 2.24) is 0 Å². The molecule has 0 amide bonds. The van der Waals surface area contributed by atoms with E-state index >= 15 is 0 Å². The first-order valence-corrected chi connectivity index (χ1v) is 8.30. The van der Waals surface area contributed by atoms with Gasteiger partial charge in [-0.05, 0) is 43.2 Å². The smallest absolute Gasteiger partial charge is 0.263 e. The Hall–Kier alpha value is -1.43. The molecule has 21 heavy (non-hydrogen) atoms. The van der Waals surface area contributed by atoms with Crippen LogP contribution in [0.5, 0.6) is 0 Å². The molecule has 0 unspecified atom stereocenters. The number of sulfonamides is 1. The van der Waals surface area contributed by atoms with Crippen LogP contribution in [0.15, 0.2) is 35.2 Å². The number of nitrogens with one attached hydrogen (secondary N) is 1. The Morgan fingerprint density at radius 3 is 2.43 bits per heavy atom. The van der Waals surface area contributed by atoms with Crippen molar-refractivity contribution in [2.75, 3.05) is 10.5 Å². The van der Waals surface area contributed by atoms with Crippen LogP contribution < -0.4 is 10.5 Å². The number of nitrogen functional groups attached to an aromatic ring is 1. The van der Waals surface area contributed by atoms with Crippen LogP contribution in [0.1, 0.15) is 11.1 Å². The number of rotatable bonds is 3. The summed E-state index contributed by atoms with van der Waals surface area (Å²) in [6.07, 6.45) is 0. The highest BCUT2D eigenvalue weighted by atomic mass is 35.5. The van der Waals surface area contributed by atoms with Crippen molar-refractivity contribution in [2.45, 2.75) is 18.7 Å². The van der Waals surface area contributed by atoms with Crippen molar-refractivity contribution in [3.05, 3.63) is 51.5 Å². The van der Waals surface area contributed by atoms with Gasteiger partial charge in [0.2, 0.25) is 0 Å². The van der Waals surface area contributed by atoms with Crippen molar-refractivity contribution in [3.8, 4) is 0 Å². The van der Waals surface area contributed by atoms with E-state index in [2.05, 4.69) is 4.72 Å². The SMILES string of the molecule is Cc1ccc(C)c(NS(=O)(=O)c2ccc(Cl)c(N)c2Cl)c1. The summed E-state index contributed by atoms with van der Waals surface area (Å²) in [5.74, 6) is 0. The summed E-state index contributed by atoms with van der Waals surface area (Å²) >= 11 is 11.8. The molecule has 2 aromatic carbocycles. The zero-order valence-electron chi connectivity index (χ0n) is 11.4. The van der Waals surface area contributed by atoms with Crippen LogP contribution in [0.3, 0.4) is 0 Å². The quantitative estimate of drug-likeness (QED) is 0.826. The molecule has 112 valence electrons. The van der Waals surface area contributed by atoms with Gasteiger partial charge in [0, 0.05) is 0 Å². The van der Waals surface area contributed by atoms with E-state index in [0.29, 0.717) is 5.69 Å². The Bertz CT molecular complexity index is 805. The van der Waals surface area contributed by atoms with Crippen LogP contribution in [0.4, 0.5) is 11.4 Å². The third kappa shape index (κ3) is 3.26. The minimum absolute atomic E-state index is 0.0437. The molecule has 0 spiro atoms. The van der Waals surface area contributed by atoms with E-state index in [1.165, 1.54) is 12.1 Å². The van der Waals surface area contributed by atoms with E-state index in [1.807, 2.05) is 26.0 Å². The van der Waals surface area contributed by atoms with Gasteiger partial charge in [0.15, 0.2) is 0 Å². The second kappa shape index (κ2) is 5.75. The summed E-state index contributed by atoms with van der Waals surface area (Å²) in [6.45, 7) is 3.69. The van der Waals surface area contributed by atoms with Crippen LogP contribution >= 0.6 is 23.2 Å². The molecule has 0 aromatic heterocycles. The molecule has 0 aliphatic rings. The third-order valence-electron chi connectivity index (χ3n) is 3.02. The average molecular weight is 345 g/mol. The Morgan fingerprint density at radius 2 is 1.76 bits per heavy atom. The summed E-state index contributed by atoms with van der Waals surface area (Å²) < 4.78 is 27.4. The molecule has 0 fully saturated rings. The van der Waals surface area contributed by atoms with E-state index < -0.39 is 10.0 Å². The lowest BCUT2D eigenvalue weighted by molar-refractivity contribution is 0.601. The second-order valence-electron chi connectivity index (χ2n) is 4.70. The molecule has 0 bridgehead atoms. The maximum Gasteiger partial charge on any atom is 0.263 e. The highest BCUT2D eigenvalue weighted by Gasteiger charge is 2.21. The first-order valence-electron chi connectivity index (χ1n) is 6.06. The fourth-order valence-corrected chi connectivity index (χ4v) is 3.69. The standard InChI is InChI=1S/C14H14Cl2N2O2S/c1-8-3-4-9(2)11(7-8)18-21(19,20)12-6-5-10(15)14(17)13(12)16/h3-7,18H,17H2,1-2H3. The molecule has 0 saturated heterocycles. The largest absolute Gasteiger partial charge is 0.396 e. The van der Waals surface area contributed by atoms with Crippen molar-refractivity contribution >= 4 is 44.6 Å². The molecule has 2 rings (SSSR count). The minimum atomic E-state index is -3.84. The highest BCUT2D eigenvalue weighted by molar-refractivity contribution is 7.92. The molecule has 0 radical (unpaired) electrons. The number of aryl methyl sites for hydroxylation is 2. The van der Waals surface area contributed by atoms with E-state index in [1.54, 1.807) is 6.07 Å². The predicted molar refractivity (Wildman–Crippen MR) is 87.6 cm³/mol. The maximum absolute atomic E-state index is 12.5. The molecular formula is C14H14Cl2N2O2S. The number of benzene rings is 2. The van der Waals surface area contributed by atoms with Crippen molar-refractivity contribution in [2.24, 2.45) is 0 Å². The lowest BCUT2D eigenvalue weighted by Gasteiger charge is -2.13. The fraction of sp³-hybridized carbons (Fsp3) is 0.143. The number of anilines is 2. The zero-order valence-corrected chi connectivity index (χ0v) is 13.8. The van der Waals surface area contributed by atoms with Gasteiger partial charge in [-0.15, -0.1) is 0 Å². The predicted octanol–water partition coefficient (Wildman–Crippen LogP) is 3.99. The molecule has 2 aromatic rings. The Kier molecular flexibility index (Phi) is 4.37. The van der Waals surface area contributed by atoms with Gasteiger partial charge in [-0.3, -0.25) is 4.72 Å². The van der Waals surface area contributed by atoms with Gasteiger partial charge in [0.25, 0.3) is 10.0 Å². The van der Waals surface area contributed by atoms with E-state index in [-0.39, 0.29) is 20.6 Å². The van der Waals surface area contributed by atoms with Gasteiger partial charge in [0.05, 0.1) is 21.4 Å². The van der Waals surface area contributed by atoms with Gasteiger partial charge in [-0.1, -0.05) is 35.3 Å². The van der Waals surface area contributed by atoms with Crippen LogP contribution in [0.2, 0.25) is 10.0 Å². The Morgan fingerprint density at radius 1 is 1.10 bits per heavy atom. The highest BCUT2D eigenvalue weighted by Crippen LogP contribution is 2.34. The normalized spacial score (nSPS) is 11.4. The minimum Gasteiger partial charge on any atom is -0.396 e. The molecule has 4 nitrogen and oxygen atoms in total. The summed E-state index contributed by atoms with van der Waals surface area (Å²) in [6, 6.07) is 8.22. The van der Waals surface area contributed by atoms with Crippen LogP contribution in [0.25, 0.3) is 0 Å². The molecule has 7 heteroatoms. The fourth-order valence-electron chi connectivity index (χ4n) is 1.80. The summed E-state index contributed by atoms with van der Waals surface area (Å²) in [5.41, 5.74) is 7.97. The first kappa shape index (κ1) is 15.9. The van der Waals surface area contributed by atoms with Gasteiger partial charge < -0.3 is 5.73 Å². The Labute approximate surface area is 133 Å². The van der Waals surface area contributed by atoms with E-state index in [9.17, 15) is 8.42 Å². The molecule has 0 heterocycles. The average Bonchev–Trinajstić information content (AvgIpc) is 2.39. The molecule has 0 saturated carbocycles. The summed E-state index contributed by atoms with van der Waals surface area (Å²) in [4.78, 5) is -0.105. The van der Waals surface area contributed by atoms with Crippen molar-refractivity contribution in [3.63, 3.8) is 0 Å². The van der Waals surface area contributed by atoms with E-state index in [4.69, 9.17) is 28.9 Å². The number of halogens is 2. The second-order valence-corrected chi connectivity index (χ2v) is 7.13. The van der Waals surface area contributed by atoms with Crippen LogP contribution in [-0.2, 0) is 10.0 Å². The van der Waals surface area contributed by atoms with E-state index in [0.717, 1.165) is 11.1 Å². The lowest BCUT2D eigenvalue weighted by Crippen LogP contribution is -2.15. The summed E-state index contributed by atoms with van der Waals surface area (Å²) in [7, 11) is -3.84. The number of hydrogen-bond donors (Lipinski definition) is 2. The number of nitrogens with two attached hydrogens (primary N) is 1. The van der Waals surface area contributed by atoms with Gasteiger partial charge in [0.1, 0.15) is 4.90 Å². The topological polar surface area (TPSA) is 72.2 Å². The van der Waals surface area contributed by atoms with Crippen molar-refractivity contribution in [1.29, 1.82) is 0 Å². The van der Waals surface area contributed by atoms with Gasteiger partial charge in [-0.25, -0.2) is 8.42 Å². The third-order valence-corrected chi connectivity index (χ3v) is 5.27. The maximum atomic E-state index is 12.5. The molecule has 3 N–H and O–H groups in total. The van der Waals surface area contributed by atoms with Crippen LogP contribution in [0, 0.1) is 13.8 Å². The summed E-state index contributed by atoms with van der Waals surface area (Å²) in [5, 5.41) is 0.131. The van der Waals surface area contributed by atoms with Gasteiger partial charge >= 0.3 is 0 Å².